The van der Waals surface area contributed by atoms with E-state index in [1.807, 2.05) is 0 Å². The molecule has 1 aromatic rings. The highest BCUT2D eigenvalue weighted by Gasteiger charge is 2.32. The quantitative estimate of drug-likeness (QED) is 0.854. The maximum absolute atomic E-state index is 11.0. The van der Waals surface area contributed by atoms with Crippen LogP contribution in [0, 0.1) is 11.3 Å². The number of benzene rings is 1. The predicted molar refractivity (Wildman–Crippen MR) is 58.9 cm³/mol. The zero-order valence-corrected chi connectivity index (χ0v) is 9.78. The molecular weight excluding hydrogens is 258 g/mol. The average molecular weight is 268 g/mol. The molecule has 0 heterocycles. The third-order valence-corrected chi connectivity index (χ3v) is 2.70. The molecular formula is C11H10BrNO2. The van der Waals surface area contributed by atoms with Gasteiger partial charge in [0.05, 0.1) is 6.42 Å². The van der Waals surface area contributed by atoms with Crippen molar-refractivity contribution in [2.45, 2.75) is 18.9 Å². The van der Waals surface area contributed by atoms with E-state index in [1.54, 1.807) is 30.3 Å². The molecule has 3 nitrogen and oxygen atoms in total. The van der Waals surface area contributed by atoms with Crippen molar-refractivity contribution in [3.8, 4) is 6.07 Å². The Bertz CT molecular complexity index is 425. The summed E-state index contributed by atoms with van der Waals surface area (Å²) in [6.45, 7) is 1.35. The van der Waals surface area contributed by atoms with Gasteiger partial charge < -0.3 is 5.11 Å². The van der Waals surface area contributed by atoms with Crippen molar-refractivity contribution in [3.05, 3.63) is 34.3 Å². The van der Waals surface area contributed by atoms with Crippen molar-refractivity contribution in [3.63, 3.8) is 0 Å². The summed E-state index contributed by atoms with van der Waals surface area (Å²) in [6, 6.07) is 8.60. The summed E-state index contributed by atoms with van der Waals surface area (Å²) in [4.78, 5) is 11.0. The number of hydrogen-bond acceptors (Lipinski definition) is 3. The lowest BCUT2D eigenvalue weighted by Gasteiger charge is -2.20. The number of aliphatic hydroxyl groups is 1. The molecule has 0 aliphatic heterocycles. The molecule has 0 saturated carbocycles. The largest absolute Gasteiger partial charge is 0.371 e. The fourth-order valence-electron chi connectivity index (χ4n) is 1.35. The second kappa shape index (κ2) is 4.56. The van der Waals surface area contributed by atoms with Gasteiger partial charge in [-0.05, 0) is 13.0 Å². The molecule has 0 amide bonds. The number of halogens is 1. The van der Waals surface area contributed by atoms with Crippen LogP contribution in [0.5, 0.6) is 0 Å². The van der Waals surface area contributed by atoms with Crippen LogP contribution in [-0.2, 0) is 10.4 Å². The van der Waals surface area contributed by atoms with E-state index < -0.39 is 5.60 Å². The second-order valence-corrected chi connectivity index (χ2v) is 4.19. The van der Waals surface area contributed by atoms with Crippen molar-refractivity contribution in [1.82, 2.24) is 0 Å². The molecule has 0 aliphatic rings. The summed E-state index contributed by atoms with van der Waals surface area (Å²) >= 11 is 3.24. The number of carbonyl (C=O) groups is 1. The Balaban J connectivity index is 3.18. The average Bonchev–Trinajstić information content (AvgIpc) is 2.17. The molecule has 78 valence electrons. The molecule has 4 heteroatoms. The van der Waals surface area contributed by atoms with Crippen molar-refractivity contribution < 1.29 is 9.90 Å². The minimum absolute atomic E-state index is 0.202. The summed E-state index contributed by atoms with van der Waals surface area (Å²) in [5.74, 6) is -0.227. The van der Waals surface area contributed by atoms with E-state index in [0.717, 1.165) is 0 Å². The molecule has 1 atom stereocenters. The molecule has 0 spiro atoms. The minimum atomic E-state index is -1.74. The lowest BCUT2D eigenvalue weighted by molar-refractivity contribution is -0.120. The van der Waals surface area contributed by atoms with Gasteiger partial charge in [-0.2, -0.15) is 5.26 Å². The van der Waals surface area contributed by atoms with E-state index in [2.05, 4.69) is 15.9 Å². The van der Waals surface area contributed by atoms with Crippen molar-refractivity contribution >= 4 is 21.7 Å². The van der Waals surface area contributed by atoms with Crippen LogP contribution < -0.4 is 0 Å². The summed E-state index contributed by atoms with van der Waals surface area (Å²) in [7, 11) is 0. The first-order chi connectivity index (χ1) is 6.99. The third-order valence-electron chi connectivity index (χ3n) is 2.01. The van der Waals surface area contributed by atoms with Gasteiger partial charge in [0, 0.05) is 10.0 Å². The normalized spacial score (nSPS) is 14.0. The number of ketones is 1. The fraction of sp³-hybridized carbons (Fsp3) is 0.273. The van der Waals surface area contributed by atoms with E-state index in [1.165, 1.54) is 6.92 Å². The number of rotatable bonds is 3. The Morgan fingerprint density at radius 3 is 2.67 bits per heavy atom. The lowest BCUT2D eigenvalue weighted by atomic mass is 9.90. The van der Waals surface area contributed by atoms with Crippen molar-refractivity contribution in [2.24, 2.45) is 0 Å². The highest BCUT2D eigenvalue weighted by molar-refractivity contribution is 9.10. The summed E-state index contributed by atoms with van der Waals surface area (Å²) in [5, 5.41) is 19.0. The molecule has 1 unspecified atom stereocenters. The summed E-state index contributed by atoms with van der Waals surface area (Å²) < 4.78 is 0.621. The summed E-state index contributed by atoms with van der Waals surface area (Å²) in [5.41, 5.74) is -1.32. The van der Waals surface area contributed by atoms with Gasteiger partial charge in [-0.15, -0.1) is 0 Å². The monoisotopic (exact) mass is 267 g/mol. The Morgan fingerprint density at radius 1 is 1.60 bits per heavy atom. The molecule has 0 saturated heterocycles. The van der Waals surface area contributed by atoms with Crippen LogP contribution in [-0.4, -0.2) is 10.9 Å². The first kappa shape index (κ1) is 11.9. The molecule has 0 radical (unpaired) electrons. The lowest BCUT2D eigenvalue weighted by Crippen LogP contribution is -2.26. The molecule has 1 N–H and O–H groups in total. The highest BCUT2D eigenvalue weighted by Crippen LogP contribution is 2.30. The second-order valence-electron chi connectivity index (χ2n) is 3.33. The van der Waals surface area contributed by atoms with Crippen molar-refractivity contribution in [1.29, 1.82) is 5.26 Å². The number of hydrogen-bond donors (Lipinski definition) is 1. The Morgan fingerprint density at radius 2 is 2.20 bits per heavy atom. The van der Waals surface area contributed by atoms with E-state index in [-0.39, 0.29) is 12.2 Å². The Kier molecular flexibility index (Phi) is 3.61. The molecule has 0 fully saturated rings. The summed E-state index contributed by atoms with van der Waals surface area (Å²) in [6.07, 6.45) is -0.202. The zero-order valence-electron chi connectivity index (χ0n) is 8.20. The van der Waals surface area contributed by atoms with Crippen LogP contribution in [0.1, 0.15) is 18.9 Å². The van der Waals surface area contributed by atoms with Crippen LogP contribution in [0.2, 0.25) is 0 Å². The van der Waals surface area contributed by atoms with Gasteiger partial charge in [0.25, 0.3) is 0 Å². The van der Waals surface area contributed by atoms with Crippen LogP contribution in [0.3, 0.4) is 0 Å². The van der Waals surface area contributed by atoms with Gasteiger partial charge in [-0.1, -0.05) is 34.1 Å². The molecule has 0 bridgehead atoms. The fourth-order valence-corrected chi connectivity index (χ4v) is 1.96. The van der Waals surface area contributed by atoms with Gasteiger partial charge >= 0.3 is 0 Å². The van der Waals surface area contributed by atoms with E-state index in [4.69, 9.17) is 5.26 Å². The van der Waals surface area contributed by atoms with Gasteiger partial charge in [0.2, 0.25) is 0 Å². The maximum Gasteiger partial charge on any atom is 0.184 e. The van der Waals surface area contributed by atoms with Crippen molar-refractivity contribution in [2.75, 3.05) is 0 Å². The van der Waals surface area contributed by atoms with E-state index in [9.17, 15) is 9.90 Å². The number of nitriles is 1. The van der Waals surface area contributed by atoms with Crippen LogP contribution in [0.25, 0.3) is 0 Å². The topological polar surface area (TPSA) is 61.1 Å². The van der Waals surface area contributed by atoms with Gasteiger partial charge in [-0.3, -0.25) is 4.79 Å². The Labute approximate surface area is 96.5 Å². The molecule has 15 heavy (non-hydrogen) atoms. The first-order valence-electron chi connectivity index (χ1n) is 4.37. The van der Waals surface area contributed by atoms with Crippen LogP contribution in [0.15, 0.2) is 28.7 Å². The number of Topliss-reactive ketones (excluding diaryl/α,β-unsaturated/α-hetero) is 1. The van der Waals surface area contributed by atoms with Gasteiger partial charge in [0.15, 0.2) is 5.60 Å². The number of nitrogens with zero attached hydrogens (tertiary/aromatic N) is 1. The molecule has 1 aromatic carbocycles. The smallest absolute Gasteiger partial charge is 0.184 e. The van der Waals surface area contributed by atoms with E-state index in [0.29, 0.717) is 10.0 Å². The third kappa shape index (κ3) is 2.65. The standard InChI is InChI=1S/C11H10BrNO2/c1-8(14)6-11(15,7-13)9-4-2-3-5-10(9)12/h2-5,15H,6H2,1H3. The SMILES string of the molecule is CC(=O)CC(O)(C#N)c1ccccc1Br. The molecule has 1 rings (SSSR count). The van der Waals surface area contributed by atoms with Crippen LogP contribution >= 0.6 is 15.9 Å². The van der Waals surface area contributed by atoms with E-state index >= 15 is 0 Å². The van der Waals surface area contributed by atoms with Gasteiger partial charge in [-0.25, -0.2) is 0 Å². The first-order valence-corrected chi connectivity index (χ1v) is 5.17. The van der Waals surface area contributed by atoms with Gasteiger partial charge in [0.1, 0.15) is 11.9 Å². The molecule has 0 aromatic heterocycles. The van der Waals surface area contributed by atoms with Crippen LogP contribution in [0.4, 0.5) is 0 Å². The zero-order chi connectivity index (χ0) is 11.5. The number of carbonyl (C=O) groups excluding carboxylic acids is 1. The Hall–Kier alpha value is -1.18. The predicted octanol–water partition coefficient (Wildman–Crippen LogP) is 2.14. The molecule has 0 aliphatic carbocycles. The minimum Gasteiger partial charge on any atom is -0.371 e. The maximum atomic E-state index is 11.0. The highest BCUT2D eigenvalue weighted by atomic mass is 79.9.